The van der Waals surface area contributed by atoms with Crippen molar-refractivity contribution in [1.82, 2.24) is 19.8 Å². The van der Waals surface area contributed by atoms with Crippen molar-refractivity contribution in [3.05, 3.63) is 35.7 Å². The van der Waals surface area contributed by atoms with Crippen LogP contribution >= 0.6 is 23.1 Å². The largest absolute Gasteiger partial charge is 0.325 e. The molecule has 6 nitrogen and oxygen atoms in total. The van der Waals surface area contributed by atoms with Gasteiger partial charge in [0.05, 0.1) is 5.75 Å². The van der Waals surface area contributed by atoms with Crippen LogP contribution in [-0.2, 0) is 4.79 Å². The van der Waals surface area contributed by atoms with Gasteiger partial charge in [-0.2, -0.15) is 4.52 Å². The molecule has 0 saturated heterocycles. The number of hydrogen-bond acceptors (Lipinski definition) is 6. The lowest BCUT2D eigenvalue weighted by Crippen LogP contribution is -2.14. The first-order valence-electron chi connectivity index (χ1n) is 6.28. The Morgan fingerprint density at radius 2 is 2.10 bits per heavy atom. The Kier molecular flexibility index (Phi) is 3.89. The molecule has 3 aromatic rings. The fourth-order valence-electron chi connectivity index (χ4n) is 1.97. The molecular formula is C13H13N5OS2. The number of carbonyl (C=O) groups is 1. The fraction of sp³-hybridized carbons (Fsp3) is 0.231. The number of amides is 1. The molecule has 0 aliphatic carbocycles. The standard InChI is InChI=1S/C13H13N5OS2/c1-8-3-9(2)5-10(4-8)15-11(19)6-20-13-17-18-7-14-16-12(18)21-13/h3-5,7H,6H2,1-2H3,(H,15,19). The van der Waals surface area contributed by atoms with Crippen molar-refractivity contribution < 1.29 is 4.79 Å². The van der Waals surface area contributed by atoms with Gasteiger partial charge in [0, 0.05) is 5.69 Å². The first-order chi connectivity index (χ1) is 10.1. The van der Waals surface area contributed by atoms with E-state index in [1.807, 2.05) is 26.0 Å². The number of aryl methyl sites for hydroxylation is 2. The zero-order valence-electron chi connectivity index (χ0n) is 11.5. The van der Waals surface area contributed by atoms with E-state index >= 15 is 0 Å². The SMILES string of the molecule is Cc1cc(C)cc(NC(=O)CSc2nn3cnnc3s2)c1. The summed E-state index contributed by atoms with van der Waals surface area (Å²) in [6, 6.07) is 5.99. The minimum atomic E-state index is -0.0454. The number of benzene rings is 1. The zero-order valence-corrected chi connectivity index (χ0v) is 13.2. The van der Waals surface area contributed by atoms with Gasteiger partial charge in [0.25, 0.3) is 0 Å². The van der Waals surface area contributed by atoms with Crippen molar-refractivity contribution in [2.75, 3.05) is 11.1 Å². The van der Waals surface area contributed by atoms with Crippen LogP contribution in [0.3, 0.4) is 0 Å². The second-order valence-corrected chi connectivity index (χ2v) is 6.82. The molecule has 0 bridgehead atoms. The van der Waals surface area contributed by atoms with Gasteiger partial charge in [-0.15, -0.1) is 15.3 Å². The van der Waals surface area contributed by atoms with E-state index in [0.717, 1.165) is 26.1 Å². The van der Waals surface area contributed by atoms with E-state index in [-0.39, 0.29) is 5.91 Å². The second-order valence-electron chi connectivity index (χ2n) is 4.64. The van der Waals surface area contributed by atoms with Crippen LogP contribution in [0.15, 0.2) is 28.9 Å². The number of aromatic nitrogens is 4. The predicted molar refractivity (Wildman–Crippen MR) is 83.9 cm³/mol. The van der Waals surface area contributed by atoms with E-state index in [9.17, 15) is 4.79 Å². The second kappa shape index (κ2) is 5.82. The van der Waals surface area contributed by atoms with Crippen LogP contribution in [0.5, 0.6) is 0 Å². The van der Waals surface area contributed by atoms with Crippen molar-refractivity contribution in [3.63, 3.8) is 0 Å². The number of rotatable bonds is 4. The molecular weight excluding hydrogens is 306 g/mol. The summed E-state index contributed by atoms with van der Waals surface area (Å²) in [5.41, 5.74) is 3.09. The Balaban J connectivity index is 1.60. The average Bonchev–Trinajstić information content (AvgIpc) is 2.95. The van der Waals surface area contributed by atoms with Crippen LogP contribution in [0.4, 0.5) is 5.69 Å². The predicted octanol–water partition coefficient (Wildman–Crippen LogP) is 2.53. The van der Waals surface area contributed by atoms with Crippen molar-refractivity contribution in [1.29, 1.82) is 0 Å². The Morgan fingerprint density at radius 3 is 2.81 bits per heavy atom. The summed E-state index contributed by atoms with van der Waals surface area (Å²) in [5, 5.41) is 14.8. The third-order valence-electron chi connectivity index (χ3n) is 2.70. The maximum Gasteiger partial charge on any atom is 0.235 e. The normalized spacial score (nSPS) is 11.0. The molecule has 1 amide bonds. The van der Waals surface area contributed by atoms with E-state index in [2.05, 4.69) is 26.7 Å². The molecule has 0 unspecified atom stereocenters. The number of hydrogen-bond donors (Lipinski definition) is 1. The Labute approximate surface area is 129 Å². The maximum atomic E-state index is 12.0. The Morgan fingerprint density at radius 1 is 1.33 bits per heavy atom. The molecule has 2 heterocycles. The minimum Gasteiger partial charge on any atom is -0.325 e. The summed E-state index contributed by atoms with van der Waals surface area (Å²) in [5.74, 6) is 0.271. The number of nitrogens with zero attached hydrogens (tertiary/aromatic N) is 4. The molecule has 0 radical (unpaired) electrons. The lowest BCUT2D eigenvalue weighted by molar-refractivity contribution is -0.113. The summed E-state index contributed by atoms with van der Waals surface area (Å²) >= 11 is 2.81. The van der Waals surface area contributed by atoms with Gasteiger partial charge in [-0.1, -0.05) is 29.2 Å². The number of fused-ring (bicyclic) bond motifs is 1. The number of thioether (sulfide) groups is 1. The quantitative estimate of drug-likeness (QED) is 0.748. The van der Waals surface area contributed by atoms with Crippen molar-refractivity contribution >= 4 is 39.7 Å². The highest BCUT2D eigenvalue weighted by molar-refractivity contribution is 8.01. The molecule has 0 saturated carbocycles. The molecule has 0 atom stereocenters. The Bertz CT molecular complexity index is 746. The van der Waals surface area contributed by atoms with Crippen molar-refractivity contribution in [2.24, 2.45) is 0 Å². The molecule has 21 heavy (non-hydrogen) atoms. The molecule has 108 valence electrons. The van der Waals surface area contributed by atoms with E-state index in [0.29, 0.717) is 5.75 Å². The third kappa shape index (κ3) is 3.40. The van der Waals surface area contributed by atoms with E-state index in [1.54, 1.807) is 10.8 Å². The van der Waals surface area contributed by atoms with Gasteiger partial charge < -0.3 is 5.32 Å². The van der Waals surface area contributed by atoms with Gasteiger partial charge >= 0.3 is 0 Å². The summed E-state index contributed by atoms with van der Waals surface area (Å²) in [6.45, 7) is 4.02. The van der Waals surface area contributed by atoms with Crippen molar-refractivity contribution in [2.45, 2.75) is 18.2 Å². The minimum absolute atomic E-state index is 0.0454. The smallest absolute Gasteiger partial charge is 0.235 e. The molecule has 0 fully saturated rings. The monoisotopic (exact) mass is 319 g/mol. The van der Waals surface area contributed by atoms with Gasteiger partial charge in [-0.25, -0.2) is 0 Å². The summed E-state index contributed by atoms with van der Waals surface area (Å²) in [6.07, 6.45) is 1.55. The molecule has 0 aliphatic rings. The summed E-state index contributed by atoms with van der Waals surface area (Å²) in [4.78, 5) is 12.7. The molecule has 3 rings (SSSR count). The number of nitrogens with one attached hydrogen (secondary N) is 1. The number of carbonyl (C=O) groups excluding carboxylic acids is 1. The maximum absolute atomic E-state index is 12.0. The molecule has 0 aliphatic heterocycles. The van der Waals surface area contributed by atoms with E-state index in [4.69, 9.17) is 0 Å². The van der Waals surface area contributed by atoms with Crippen LogP contribution in [-0.4, -0.2) is 31.5 Å². The highest BCUT2D eigenvalue weighted by Crippen LogP contribution is 2.23. The van der Waals surface area contributed by atoms with Gasteiger partial charge in [0.15, 0.2) is 4.34 Å². The van der Waals surface area contributed by atoms with Gasteiger partial charge in [0.1, 0.15) is 6.33 Å². The first kappa shape index (κ1) is 14.0. The van der Waals surface area contributed by atoms with Gasteiger partial charge in [-0.3, -0.25) is 4.79 Å². The van der Waals surface area contributed by atoms with Crippen LogP contribution < -0.4 is 5.32 Å². The van der Waals surface area contributed by atoms with Crippen molar-refractivity contribution in [3.8, 4) is 0 Å². The van der Waals surface area contributed by atoms with Gasteiger partial charge in [-0.05, 0) is 37.1 Å². The molecule has 8 heteroatoms. The van der Waals surface area contributed by atoms with Crippen LogP contribution in [0.2, 0.25) is 0 Å². The van der Waals surface area contributed by atoms with Gasteiger partial charge in [0.2, 0.25) is 10.9 Å². The lowest BCUT2D eigenvalue weighted by atomic mass is 10.1. The summed E-state index contributed by atoms with van der Waals surface area (Å²) < 4.78 is 2.41. The molecule has 0 spiro atoms. The molecule has 1 N–H and O–H groups in total. The molecule has 2 aromatic heterocycles. The lowest BCUT2D eigenvalue weighted by Gasteiger charge is -2.06. The first-order valence-corrected chi connectivity index (χ1v) is 8.08. The van der Waals surface area contributed by atoms with Crippen LogP contribution in [0.25, 0.3) is 4.96 Å². The molecule has 1 aromatic carbocycles. The Hall–Kier alpha value is -1.93. The van der Waals surface area contributed by atoms with E-state index in [1.165, 1.54) is 23.1 Å². The zero-order chi connectivity index (χ0) is 14.8. The highest BCUT2D eigenvalue weighted by Gasteiger charge is 2.09. The van der Waals surface area contributed by atoms with Crippen LogP contribution in [0, 0.1) is 13.8 Å². The summed E-state index contributed by atoms with van der Waals surface area (Å²) in [7, 11) is 0. The average molecular weight is 319 g/mol. The van der Waals surface area contributed by atoms with Crippen LogP contribution in [0.1, 0.15) is 11.1 Å². The topological polar surface area (TPSA) is 72.2 Å². The fourth-order valence-corrected chi connectivity index (χ4v) is 3.63. The highest BCUT2D eigenvalue weighted by atomic mass is 32.2. The number of anilines is 1. The third-order valence-corrected chi connectivity index (χ3v) is 4.75. The van der Waals surface area contributed by atoms with E-state index < -0.39 is 0 Å².